The molecule has 1 atom stereocenters. The molecule has 0 fully saturated rings. The standard InChI is InChI=1S/C14H19ClN2O3/c1-10(16-11(2)18)14(19)17(3)8-9-20-13-6-4-12(15)5-7-13/h4-7,10H,8-9H2,1-3H3,(H,16,18). The van der Waals surface area contributed by atoms with Crippen molar-refractivity contribution < 1.29 is 14.3 Å². The van der Waals surface area contributed by atoms with Gasteiger partial charge in [-0.1, -0.05) is 11.6 Å². The summed E-state index contributed by atoms with van der Waals surface area (Å²) in [5, 5.41) is 3.20. The maximum absolute atomic E-state index is 11.9. The second-order valence-electron chi connectivity index (χ2n) is 4.48. The Kier molecular flexibility index (Phi) is 6.31. The number of rotatable bonds is 6. The fourth-order valence-corrected chi connectivity index (χ4v) is 1.76. The van der Waals surface area contributed by atoms with Crippen LogP contribution in [0.25, 0.3) is 0 Å². The van der Waals surface area contributed by atoms with Crippen LogP contribution in [-0.2, 0) is 9.59 Å². The number of carbonyl (C=O) groups excluding carboxylic acids is 2. The average molecular weight is 299 g/mol. The Bertz CT molecular complexity index is 462. The van der Waals surface area contributed by atoms with E-state index in [1.807, 2.05) is 0 Å². The van der Waals surface area contributed by atoms with Crippen LogP contribution >= 0.6 is 11.6 Å². The van der Waals surface area contributed by atoms with E-state index in [0.29, 0.717) is 23.9 Å². The molecule has 0 heterocycles. The molecule has 0 bridgehead atoms. The van der Waals surface area contributed by atoms with Crippen molar-refractivity contribution >= 4 is 23.4 Å². The van der Waals surface area contributed by atoms with Crippen LogP contribution in [0.4, 0.5) is 0 Å². The van der Waals surface area contributed by atoms with Crippen LogP contribution in [0.3, 0.4) is 0 Å². The number of carbonyl (C=O) groups is 2. The summed E-state index contributed by atoms with van der Waals surface area (Å²) in [6.07, 6.45) is 0. The van der Waals surface area contributed by atoms with Crippen molar-refractivity contribution in [3.05, 3.63) is 29.3 Å². The minimum atomic E-state index is -0.534. The summed E-state index contributed by atoms with van der Waals surface area (Å²) in [6, 6.07) is 6.48. The molecule has 1 aromatic rings. The molecule has 0 saturated heterocycles. The first-order valence-corrected chi connectivity index (χ1v) is 6.68. The minimum absolute atomic E-state index is 0.153. The zero-order valence-electron chi connectivity index (χ0n) is 11.9. The van der Waals surface area contributed by atoms with E-state index in [9.17, 15) is 9.59 Å². The Labute approximate surface area is 123 Å². The first-order chi connectivity index (χ1) is 9.40. The van der Waals surface area contributed by atoms with E-state index in [1.165, 1.54) is 11.8 Å². The van der Waals surface area contributed by atoms with E-state index in [-0.39, 0.29) is 11.8 Å². The van der Waals surface area contributed by atoms with Crippen LogP contribution in [-0.4, -0.2) is 43.0 Å². The normalized spacial score (nSPS) is 11.6. The van der Waals surface area contributed by atoms with Gasteiger partial charge in [-0.2, -0.15) is 0 Å². The van der Waals surface area contributed by atoms with Gasteiger partial charge in [0.2, 0.25) is 11.8 Å². The Morgan fingerprint density at radius 2 is 1.95 bits per heavy atom. The maximum atomic E-state index is 11.9. The maximum Gasteiger partial charge on any atom is 0.244 e. The van der Waals surface area contributed by atoms with Gasteiger partial charge in [0.15, 0.2) is 0 Å². The highest BCUT2D eigenvalue weighted by Gasteiger charge is 2.17. The lowest BCUT2D eigenvalue weighted by atomic mass is 10.3. The Morgan fingerprint density at radius 1 is 1.35 bits per heavy atom. The predicted molar refractivity (Wildman–Crippen MR) is 77.9 cm³/mol. The van der Waals surface area contributed by atoms with Crippen molar-refractivity contribution in [1.29, 1.82) is 0 Å². The molecular weight excluding hydrogens is 280 g/mol. The van der Waals surface area contributed by atoms with E-state index < -0.39 is 6.04 Å². The molecule has 1 aromatic carbocycles. The molecule has 2 amide bonds. The van der Waals surface area contributed by atoms with Crippen LogP contribution in [0, 0.1) is 0 Å². The van der Waals surface area contributed by atoms with Crippen molar-refractivity contribution in [2.75, 3.05) is 20.2 Å². The van der Waals surface area contributed by atoms with Crippen LogP contribution in [0.1, 0.15) is 13.8 Å². The molecule has 0 spiro atoms. The molecule has 0 aliphatic heterocycles. The van der Waals surface area contributed by atoms with Crippen LogP contribution in [0.15, 0.2) is 24.3 Å². The Balaban J connectivity index is 2.35. The quantitative estimate of drug-likeness (QED) is 0.869. The van der Waals surface area contributed by atoms with Gasteiger partial charge in [-0.3, -0.25) is 9.59 Å². The summed E-state index contributed by atoms with van der Waals surface area (Å²) >= 11 is 5.77. The van der Waals surface area contributed by atoms with Crippen LogP contribution in [0.2, 0.25) is 5.02 Å². The molecule has 0 aliphatic rings. The fraction of sp³-hybridized carbons (Fsp3) is 0.429. The summed E-state index contributed by atoms with van der Waals surface area (Å²) in [4.78, 5) is 24.3. The third-order valence-corrected chi connectivity index (χ3v) is 2.93. The van der Waals surface area contributed by atoms with Crippen molar-refractivity contribution in [3.63, 3.8) is 0 Å². The number of ether oxygens (including phenoxy) is 1. The number of hydrogen-bond acceptors (Lipinski definition) is 3. The topological polar surface area (TPSA) is 58.6 Å². The molecule has 0 saturated carbocycles. The van der Waals surface area contributed by atoms with Gasteiger partial charge >= 0.3 is 0 Å². The highest BCUT2D eigenvalue weighted by Crippen LogP contribution is 2.15. The molecular formula is C14H19ClN2O3. The Morgan fingerprint density at radius 3 is 2.50 bits per heavy atom. The van der Waals surface area contributed by atoms with Gasteiger partial charge in [0, 0.05) is 19.0 Å². The SMILES string of the molecule is CC(=O)NC(C)C(=O)N(C)CCOc1ccc(Cl)cc1. The molecule has 20 heavy (non-hydrogen) atoms. The first-order valence-electron chi connectivity index (χ1n) is 6.30. The summed E-state index contributed by atoms with van der Waals surface area (Å²) in [6.45, 7) is 3.84. The fourth-order valence-electron chi connectivity index (χ4n) is 1.64. The van der Waals surface area contributed by atoms with Gasteiger partial charge in [-0.25, -0.2) is 0 Å². The van der Waals surface area contributed by atoms with Crippen LogP contribution in [0.5, 0.6) is 5.75 Å². The van der Waals surface area contributed by atoms with Gasteiger partial charge in [0.05, 0.1) is 6.54 Å². The summed E-state index contributed by atoms with van der Waals surface area (Å²) in [7, 11) is 1.67. The lowest BCUT2D eigenvalue weighted by molar-refractivity contribution is -0.134. The van der Waals surface area contributed by atoms with Crippen molar-refractivity contribution in [1.82, 2.24) is 10.2 Å². The average Bonchev–Trinajstić information content (AvgIpc) is 2.39. The summed E-state index contributed by atoms with van der Waals surface area (Å²) in [5.41, 5.74) is 0. The van der Waals surface area contributed by atoms with Gasteiger partial charge in [0.25, 0.3) is 0 Å². The summed E-state index contributed by atoms with van der Waals surface area (Å²) < 4.78 is 5.50. The third-order valence-electron chi connectivity index (χ3n) is 2.68. The van der Waals surface area contributed by atoms with E-state index in [4.69, 9.17) is 16.3 Å². The molecule has 1 N–H and O–H groups in total. The lowest BCUT2D eigenvalue weighted by Crippen LogP contribution is -2.45. The number of hydrogen-bond donors (Lipinski definition) is 1. The first kappa shape index (κ1) is 16.3. The van der Waals surface area contributed by atoms with E-state index in [1.54, 1.807) is 38.2 Å². The monoisotopic (exact) mass is 298 g/mol. The van der Waals surface area contributed by atoms with E-state index in [2.05, 4.69) is 5.32 Å². The number of nitrogens with one attached hydrogen (secondary N) is 1. The van der Waals surface area contributed by atoms with Gasteiger partial charge in [-0.05, 0) is 31.2 Å². The molecule has 6 heteroatoms. The molecule has 5 nitrogen and oxygen atoms in total. The Hall–Kier alpha value is -1.75. The number of benzene rings is 1. The molecule has 0 radical (unpaired) electrons. The smallest absolute Gasteiger partial charge is 0.244 e. The largest absolute Gasteiger partial charge is 0.492 e. The van der Waals surface area contributed by atoms with Gasteiger partial charge in [0.1, 0.15) is 18.4 Å². The number of amides is 2. The number of nitrogens with zero attached hydrogens (tertiary/aromatic N) is 1. The summed E-state index contributed by atoms with van der Waals surface area (Å²) in [5.74, 6) is 0.321. The highest BCUT2D eigenvalue weighted by molar-refractivity contribution is 6.30. The molecule has 1 rings (SSSR count). The van der Waals surface area contributed by atoms with Crippen molar-refractivity contribution in [3.8, 4) is 5.75 Å². The zero-order chi connectivity index (χ0) is 15.1. The van der Waals surface area contributed by atoms with Crippen molar-refractivity contribution in [2.45, 2.75) is 19.9 Å². The van der Waals surface area contributed by atoms with Crippen molar-refractivity contribution in [2.24, 2.45) is 0 Å². The molecule has 110 valence electrons. The van der Waals surface area contributed by atoms with Gasteiger partial charge in [-0.15, -0.1) is 0 Å². The second-order valence-corrected chi connectivity index (χ2v) is 4.92. The molecule has 0 aliphatic carbocycles. The number of halogens is 1. The van der Waals surface area contributed by atoms with E-state index in [0.717, 1.165) is 0 Å². The lowest BCUT2D eigenvalue weighted by Gasteiger charge is -2.21. The number of likely N-dealkylation sites (N-methyl/N-ethyl adjacent to an activating group) is 1. The third kappa shape index (κ3) is 5.48. The van der Waals surface area contributed by atoms with Gasteiger partial charge < -0.3 is 15.0 Å². The minimum Gasteiger partial charge on any atom is -0.492 e. The van der Waals surface area contributed by atoms with E-state index >= 15 is 0 Å². The molecule has 1 unspecified atom stereocenters. The van der Waals surface area contributed by atoms with Crippen LogP contribution < -0.4 is 10.1 Å². The molecule has 0 aromatic heterocycles. The second kappa shape index (κ2) is 7.75. The predicted octanol–water partition coefficient (Wildman–Crippen LogP) is 1.70. The highest BCUT2D eigenvalue weighted by atomic mass is 35.5. The zero-order valence-corrected chi connectivity index (χ0v) is 12.6.